The van der Waals surface area contributed by atoms with Crippen LogP contribution in [0.25, 0.3) is 0 Å². The second kappa shape index (κ2) is 7.32. The zero-order valence-electron chi connectivity index (χ0n) is 12.7. The number of rotatable bonds is 5. The zero-order valence-corrected chi connectivity index (χ0v) is 12.7. The highest BCUT2D eigenvalue weighted by Crippen LogP contribution is 2.23. The van der Waals surface area contributed by atoms with Crippen molar-refractivity contribution in [1.29, 1.82) is 0 Å². The van der Waals surface area contributed by atoms with Gasteiger partial charge in [0.2, 0.25) is 5.91 Å². The van der Waals surface area contributed by atoms with Gasteiger partial charge in [-0.3, -0.25) is 4.79 Å². The molecule has 1 aliphatic heterocycles. The van der Waals surface area contributed by atoms with Gasteiger partial charge in [0.15, 0.2) is 0 Å². The van der Waals surface area contributed by atoms with Gasteiger partial charge in [0.05, 0.1) is 0 Å². The first-order valence-corrected chi connectivity index (χ1v) is 7.79. The molecule has 1 aliphatic rings. The summed E-state index contributed by atoms with van der Waals surface area (Å²) < 4.78 is 0. The molecule has 0 bridgehead atoms. The van der Waals surface area contributed by atoms with Crippen LogP contribution in [0.3, 0.4) is 0 Å². The van der Waals surface area contributed by atoms with Gasteiger partial charge in [-0.1, -0.05) is 32.0 Å². The fourth-order valence-corrected chi connectivity index (χ4v) is 2.77. The number of amides is 1. The number of nitrogens with one attached hydrogen (secondary N) is 1. The second-order valence-electron chi connectivity index (χ2n) is 5.86. The average Bonchev–Trinajstić information content (AvgIpc) is 2.48. The lowest BCUT2D eigenvalue weighted by Crippen LogP contribution is -2.36. The molecule has 3 heteroatoms. The molecule has 20 heavy (non-hydrogen) atoms. The van der Waals surface area contributed by atoms with E-state index in [9.17, 15) is 4.79 Å². The molecule has 1 N–H and O–H groups in total. The fourth-order valence-electron chi connectivity index (χ4n) is 2.77. The first-order valence-electron chi connectivity index (χ1n) is 7.79. The number of carbonyl (C=O) groups excluding carboxylic acids is 1. The summed E-state index contributed by atoms with van der Waals surface area (Å²) in [4.78, 5) is 14.1. The number of carbonyl (C=O) groups is 1. The van der Waals surface area contributed by atoms with Crippen molar-refractivity contribution in [2.45, 2.75) is 45.4 Å². The Morgan fingerprint density at radius 3 is 2.60 bits per heavy atom. The molecule has 0 spiro atoms. The zero-order chi connectivity index (χ0) is 14.4. The average molecular weight is 274 g/mol. The molecule has 2 rings (SSSR count). The number of hydrogen-bond acceptors (Lipinski definition) is 2. The Balaban J connectivity index is 1.82. The fraction of sp³-hybridized carbons (Fsp3) is 0.588. The Morgan fingerprint density at radius 2 is 1.90 bits per heavy atom. The number of para-hydroxylation sites is 1. The van der Waals surface area contributed by atoms with Gasteiger partial charge < -0.3 is 10.2 Å². The molecule has 0 aromatic heterocycles. The minimum atomic E-state index is 0.291. The van der Waals surface area contributed by atoms with Gasteiger partial charge in [-0.05, 0) is 36.8 Å². The summed E-state index contributed by atoms with van der Waals surface area (Å²) in [5.74, 6) is 0.788. The van der Waals surface area contributed by atoms with E-state index in [0.717, 1.165) is 38.2 Å². The summed E-state index contributed by atoms with van der Waals surface area (Å²) in [5, 5.41) is 3.42. The maximum absolute atomic E-state index is 12.1. The van der Waals surface area contributed by atoms with Crippen LogP contribution >= 0.6 is 0 Å². The van der Waals surface area contributed by atoms with E-state index < -0.39 is 0 Å². The highest BCUT2D eigenvalue weighted by atomic mass is 16.2. The van der Waals surface area contributed by atoms with Crippen LogP contribution in [-0.2, 0) is 4.79 Å². The number of likely N-dealkylation sites (tertiary alicyclic amines) is 1. The Kier molecular flexibility index (Phi) is 5.45. The van der Waals surface area contributed by atoms with Crippen LogP contribution in [0.15, 0.2) is 24.3 Å². The van der Waals surface area contributed by atoms with Crippen LogP contribution in [0.2, 0.25) is 0 Å². The number of hydrogen-bond donors (Lipinski definition) is 1. The third kappa shape index (κ3) is 3.99. The molecule has 0 aliphatic carbocycles. The van der Waals surface area contributed by atoms with Crippen LogP contribution in [0.4, 0.5) is 5.69 Å². The van der Waals surface area contributed by atoms with Gasteiger partial charge >= 0.3 is 0 Å². The monoisotopic (exact) mass is 274 g/mol. The standard InChI is InChI=1S/C17H26N2O/c1-14(2)15-8-4-5-9-16(15)18-11-10-17(20)19-12-6-3-7-13-19/h4-5,8-9,14,18H,3,6-7,10-13H2,1-2H3. The molecule has 1 saturated heterocycles. The molecule has 0 unspecified atom stereocenters. The van der Waals surface area contributed by atoms with E-state index in [-0.39, 0.29) is 0 Å². The van der Waals surface area contributed by atoms with Gasteiger partial charge in [-0.15, -0.1) is 0 Å². The molecule has 1 fully saturated rings. The maximum Gasteiger partial charge on any atom is 0.224 e. The van der Waals surface area contributed by atoms with E-state index in [2.05, 4.69) is 37.4 Å². The van der Waals surface area contributed by atoms with Crippen LogP contribution in [0, 0.1) is 0 Å². The second-order valence-corrected chi connectivity index (χ2v) is 5.86. The van der Waals surface area contributed by atoms with E-state index in [4.69, 9.17) is 0 Å². The predicted octanol–water partition coefficient (Wildman–Crippen LogP) is 3.62. The van der Waals surface area contributed by atoms with Crippen LogP contribution in [0.1, 0.15) is 51.0 Å². The minimum absolute atomic E-state index is 0.291. The maximum atomic E-state index is 12.1. The number of nitrogens with zero attached hydrogens (tertiary/aromatic N) is 1. The molecular formula is C17H26N2O. The first-order chi connectivity index (χ1) is 9.68. The van der Waals surface area contributed by atoms with Crippen molar-refractivity contribution < 1.29 is 4.79 Å². The third-order valence-corrected chi connectivity index (χ3v) is 3.95. The lowest BCUT2D eigenvalue weighted by molar-refractivity contribution is -0.131. The summed E-state index contributed by atoms with van der Waals surface area (Å²) in [6.45, 7) is 7.00. The molecule has 1 heterocycles. The highest BCUT2D eigenvalue weighted by Gasteiger charge is 2.15. The van der Waals surface area contributed by atoms with Crippen molar-refractivity contribution in [2.75, 3.05) is 25.0 Å². The predicted molar refractivity (Wildman–Crippen MR) is 84.1 cm³/mol. The summed E-state index contributed by atoms with van der Waals surface area (Å²) in [5.41, 5.74) is 2.48. The van der Waals surface area contributed by atoms with Crippen LogP contribution in [0.5, 0.6) is 0 Å². The molecule has 0 radical (unpaired) electrons. The smallest absolute Gasteiger partial charge is 0.224 e. The summed E-state index contributed by atoms with van der Waals surface area (Å²) in [7, 11) is 0. The van der Waals surface area contributed by atoms with Crippen molar-refractivity contribution in [3.63, 3.8) is 0 Å². The van der Waals surface area contributed by atoms with Crippen molar-refractivity contribution in [3.8, 4) is 0 Å². The van der Waals surface area contributed by atoms with Crippen molar-refractivity contribution in [1.82, 2.24) is 4.90 Å². The van der Waals surface area contributed by atoms with Gasteiger partial charge in [-0.25, -0.2) is 0 Å². The van der Waals surface area contributed by atoms with Crippen molar-refractivity contribution in [2.24, 2.45) is 0 Å². The molecular weight excluding hydrogens is 248 g/mol. The largest absolute Gasteiger partial charge is 0.384 e. The molecule has 1 amide bonds. The Labute approximate surface area is 122 Å². The van der Waals surface area contributed by atoms with E-state index in [1.165, 1.54) is 12.0 Å². The van der Waals surface area contributed by atoms with Gasteiger partial charge in [0.1, 0.15) is 0 Å². The van der Waals surface area contributed by atoms with Crippen molar-refractivity contribution in [3.05, 3.63) is 29.8 Å². The summed E-state index contributed by atoms with van der Waals surface area (Å²) in [6.07, 6.45) is 4.18. The van der Waals surface area contributed by atoms with Gasteiger partial charge in [-0.2, -0.15) is 0 Å². The summed E-state index contributed by atoms with van der Waals surface area (Å²) in [6, 6.07) is 8.36. The third-order valence-electron chi connectivity index (χ3n) is 3.95. The quantitative estimate of drug-likeness (QED) is 0.889. The highest BCUT2D eigenvalue weighted by molar-refractivity contribution is 5.76. The Morgan fingerprint density at radius 1 is 1.20 bits per heavy atom. The van der Waals surface area contributed by atoms with Gasteiger partial charge in [0, 0.05) is 31.7 Å². The molecule has 1 aromatic carbocycles. The van der Waals surface area contributed by atoms with Crippen molar-refractivity contribution >= 4 is 11.6 Å². The number of benzene rings is 1. The van der Waals surface area contributed by atoms with Gasteiger partial charge in [0.25, 0.3) is 0 Å². The summed E-state index contributed by atoms with van der Waals surface area (Å²) >= 11 is 0. The lowest BCUT2D eigenvalue weighted by Gasteiger charge is -2.27. The lowest BCUT2D eigenvalue weighted by atomic mass is 10.0. The molecule has 110 valence electrons. The number of anilines is 1. The molecule has 0 saturated carbocycles. The molecule has 0 atom stereocenters. The van der Waals surface area contributed by atoms with Crippen LogP contribution < -0.4 is 5.32 Å². The normalized spacial score (nSPS) is 15.4. The molecule has 1 aromatic rings. The van der Waals surface area contributed by atoms with E-state index in [1.54, 1.807) is 0 Å². The van der Waals surface area contributed by atoms with Crippen LogP contribution in [-0.4, -0.2) is 30.4 Å². The van der Waals surface area contributed by atoms with E-state index >= 15 is 0 Å². The Bertz CT molecular complexity index is 436. The van der Waals surface area contributed by atoms with E-state index in [1.807, 2.05) is 11.0 Å². The molecule has 3 nitrogen and oxygen atoms in total. The number of piperidine rings is 1. The minimum Gasteiger partial charge on any atom is -0.384 e. The van der Waals surface area contributed by atoms with E-state index in [0.29, 0.717) is 18.2 Å². The first kappa shape index (κ1) is 14.9. The topological polar surface area (TPSA) is 32.3 Å². The SMILES string of the molecule is CC(C)c1ccccc1NCCC(=O)N1CCCCC1. The Hall–Kier alpha value is -1.51.